The molecular formula is C24H15Cl3N2O6. The van der Waals surface area contributed by atoms with Gasteiger partial charge < -0.3 is 14.2 Å². The van der Waals surface area contributed by atoms with E-state index in [4.69, 9.17) is 49.0 Å². The number of aliphatic imine (C=N–C) groups is 1. The Bertz CT molecular complexity index is 1400. The second-order valence-corrected chi connectivity index (χ2v) is 8.44. The van der Waals surface area contributed by atoms with Crippen molar-refractivity contribution in [2.75, 3.05) is 7.11 Å². The molecule has 178 valence electrons. The number of carbonyl (C=O) groups is 1. The number of methoxy groups -OCH3 is 1. The molecule has 0 amide bonds. The molecule has 0 radical (unpaired) electrons. The molecule has 0 atom stereocenters. The van der Waals surface area contributed by atoms with Crippen LogP contribution in [0.15, 0.2) is 65.3 Å². The van der Waals surface area contributed by atoms with Gasteiger partial charge in [-0.25, -0.2) is 9.79 Å². The Morgan fingerprint density at radius 3 is 2.57 bits per heavy atom. The molecule has 35 heavy (non-hydrogen) atoms. The molecule has 0 N–H and O–H groups in total. The highest BCUT2D eigenvalue weighted by Crippen LogP contribution is 2.38. The lowest BCUT2D eigenvalue weighted by Gasteiger charge is -2.14. The minimum atomic E-state index is -0.707. The summed E-state index contributed by atoms with van der Waals surface area (Å²) in [5, 5.41) is 12.1. The molecule has 1 aliphatic rings. The van der Waals surface area contributed by atoms with Gasteiger partial charge in [0, 0.05) is 17.7 Å². The van der Waals surface area contributed by atoms with E-state index in [0.29, 0.717) is 32.7 Å². The summed E-state index contributed by atoms with van der Waals surface area (Å²) in [6.07, 6.45) is 1.46. The van der Waals surface area contributed by atoms with Crippen molar-refractivity contribution < 1.29 is 23.9 Å². The summed E-state index contributed by atoms with van der Waals surface area (Å²) in [4.78, 5) is 27.0. The number of nitrogens with zero attached hydrogens (tertiary/aromatic N) is 2. The molecule has 0 saturated carbocycles. The first-order valence-electron chi connectivity index (χ1n) is 9.97. The fraction of sp³-hybridized carbons (Fsp3) is 0.0833. The highest BCUT2D eigenvalue weighted by atomic mass is 35.5. The maximum atomic E-state index is 12.4. The number of carbonyl (C=O) groups excluding carboxylic acids is 1. The molecule has 0 aromatic heterocycles. The van der Waals surface area contributed by atoms with Crippen LogP contribution < -0.4 is 9.47 Å². The minimum absolute atomic E-state index is 0.00546. The Labute approximate surface area is 214 Å². The van der Waals surface area contributed by atoms with Gasteiger partial charge in [0.2, 0.25) is 5.90 Å². The van der Waals surface area contributed by atoms with Crippen molar-refractivity contribution in [3.8, 4) is 11.5 Å². The number of rotatable bonds is 7. The lowest BCUT2D eigenvalue weighted by atomic mass is 10.1. The molecule has 0 spiro atoms. The number of benzene rings is 3. The molecule has 1 heterocycles. The van der Waals surface area contributed by atoms with E-state index in [1.807, 2.05) is 0 Å². The van der Waals surface area contributed by atoms with E-state index in [9.17, 15) is 14.9 Å². The maximum absolute atomic E-state index is 12.4. The van der Waals surface area contributed by atoms with E-state index < -0.39 is 10.9 Å². The Morgan fingerprint density at radius 2 is 1.86 bits per heavy atom. The van der Waals surface area contributed by atoms with Crippen molar-refractivity contribution in [1.82, 2.24) is 0 Å². The van der Waals surface area contributed by atoms with Crippen LogP contribution in [0.4, 0.5) is 5.69 Å². The van der Waals surface area contributed by atoms with E-state index in [0.717, 1.165) is 5.56 Å². The van der Waals surface area contributed by atoms with E-state index in [2.05, 4.69) is 4.99 Å². The van der Waals surface area contributed by atoms with Gasteiger partial charge in [-0.1, -0.05) is 46.9 Å². The molecule has 0 unspecified atom stereocenters. The zero-order chi connectivity index (χ0) is 25.1. The molecule has 4 rings (SSSR count). The smallest absolute Gasteiger partial charge is 0.363 e. The lowest BCUT2D eigenvalue weighted by Crippen LogP contribution is -2.05. The standard InChI is InChI=1S/C24H15Cl3N2O6/c1-33-21-10-14(8-19(27)22(21)34-12-13-5-6-17(25)18(26)7-13)9-20-24(30)35-23(28-20)15-3-2-4-16(11-15)29(31)32/h2-11H,12H2,1H3/b20-9-. The number of cyclic esters (lactones) is 1. The predicted molar refractivity (Wildman–Crippen MR) is 133 cm³/mol. The number of non-ortho nitro benzene ring substituents is 1. The Hall–Kier alpha value is -3.59. The summed E-state index contributed by atoms with van der Waals surface area (Å²) in [5.74, 6) is -0.109. The van der Waals surface area contributed by atoms with Crippen molar-refractivity contribution in [3.05, 3.63) is 102 Å². The first kappa shape index (κ1) is 24.5. The molecular weight excluding hydrogens is 519 g/mol. The van der Waals surface area contributed by atoms with Gasteiger partial charge in [0.05, 0.1) is 27.1 Å². The molecule has 0 fully saturated rings. The van der Waals surface area contributed by atoms with Crippen molar-refractivity contribution in [2.24, 2.45) is 4.99 Å². The zero-order valence-corrected chi connectivity index (χ0v) is 20.2. The van der Waals surface area contributed by atoms with E-state index in [1.54, 1.807) is 36.4 Å². The molecule has 1 aliphatic heterocycles. The summed E-state index contributed by atoms with van der Waals surface area (Å²) < 4.78 is 16.4. The molecule has 0 saturated heterocycles. The second-order valence-electron chi connectivity index (χ2n) is 7.21. The topological polar surface area (TPSA) is 100 Å². The first-order valence-corrected chi connectivity index (χ1v) is 11.1. The fourth-order valence-electron chi connectivity index (χ4n) is 3.19. The van der Waals surface area contributed by atoms with Gasteiger partial charge in [-0.2, -0.15) is 0 Å². The Balaban J connectivity index is 1.59. The Kier molecular flexibility index (Phi) is 7.25. The summed E-state index contributed by atoms with van der Waals surface area (Å²) in [6.45, 7) is 0.163. The number of nitro groups is 1. The predicted octanol–water partition coefficient (Wildman–Crippen LogP) is 6.49. The average molecular weight is 534 g/mol. The number of hydrogen-bond donors (Lipinski definition) is 0. The molecule has 3 aromatic rings. The van der Waals surface area contributed by atoms with Gasteiger partial charge in [0.1, 0.15) is 6.61 Å². The van der Waals surface area contributed by atoms with Gasteiger partial charge in [0.25, 0.3) is 5.69 Å². The van der Waals surface area contributed by atoms with Crippen LogP contribution in [0.2, 0.25) is 15.1 Å². The zero-order valence-electron chi connectivity index (χ0n) is 18.0. The molecule has 0 bridgehead atoms. The summed E-state index contributed by atoms with van der Waals surface area (Å²) in [6, 6.07) is 14.0. The van der Waals surface area contributed by atoms with E-state index in [1.165, 1.54) is 31.4 Å². The monoisotopic (exact) mass is 532 g/mol. The number of nitro benzene ring substituents is 1. The molecule has 8 nitrogen and oxygen atoms in total. The van der Waals surface area contributed by atoms with Crippen LogP contribution in [0, 0.1) is 10.1 Å². The summed E-state index contributed by atoms with van der Waals surface area (Å²) in [5.41, 5.74) is 1.43. The van der Waals surface area contributed by atoms with Crippen LogP contribution in [0.5, 0.6) is 11.5 Å². The molecule has 11 heteroatoms. The third kappa shape index (κ3) is 5.57. The number of hydrogen-bond acceptors (Lipinski definition) is 7. The largest absolute Gasteiger partial charge is 0.493 e. The third-order valence-electron chi connectivity index (χ3n) is 4.85. The third-order valence-corrected chi connectivity index (χ3v) is 5.87. The van der Waals surface area contributed by atoms with Crippen LogP contribution in [0.1, 0.15) is 16.7 Å². The van der Waals surface area contributed by atoms with Crippen LogP contribution in [-0.4, -0.2) is 23.9 Å². The molecule has 3 aromatic carbocycles. The number of halogens is 3. The highest BCUT2D eigenvalue weighted by molar-refractivity contribution is 6.42. The lowest BCUT2D eigenvalue weighted by molar-refractivity contribution is -0.384. The second kappa shape index (κ2) is 10.4. The van der Waals surface area contributed by atoms with Gasteiger partial charge in [-0.05, 0) is 47.5 Å². The van der Waals surface area contributed by atoms with Crippen LogP contribution in [-0.2, 0) is 16.1 Å². The number of esters is 1. The van der Waals surface area contributed by atoms with Crippen LogP contribution in [0.3, 0.4) is 0 Å². The maximum Gasteiger partial charge on any atom is 0.363 e. The van der Waals surface area contributed by atoms with E-state index in [-0.39, 0.29) is 28.9 Å². The Morgan fingerprint density at radius 1 is 1.06 bits per heavy atom. The normalized spacial score (nSPS) is 14.0. The first-order chi connectivity index (χ1) is 16.7. The minimum Gasteiger partial charge on any atom is -0.493 e. The van der Waals surface area contributed by atoms with Crippen LogP contribution in [0.25, 0.3) is 6.08 Å². The van der Waals surface area contributed by atoms with Crippen molar-refractivity contribution >= 4 is 58.4 Å². The number of ether oxygens (including phenoxy) is 3. The quantitative estimate of drug-likeness (QED) is 0.149. The fourth-order valence-corrected chi connectivity index (χ4v) is 3.79. The van der Waals surface area contributed by atoms with E-state index >= 15 is 0 Å². The van der Waals surface area contributed by atoms with Crippen LogP contribution >= 0.6 is 34.8 Å². The van der Waals surface area contributed by atoms with Gasteiger partial charge in [-0.3, -0.25) is 10.1 Å². The van der Waals surface area contributed by atoms with Crippen molar-refractivity contribution in [2.45, 2.75) is 6.61 Å². The average Bonchev–Trinajstić information content (AvgIpc) is 3.20. The summed E-state index contributed by atoms with van der Waals surface area (Å²) >= 11 is 18.4. The van der Waals surface area contributed by atoms with Gasteiger partial charge in [0.15, 0.2) is 17.2 Å². The SMILES string of the molecule is COc1cc(/C=C2\N=C(c3cccc([N+](=O)[O-])c3)OC2=O)cc(Cl)c1OCc1ccc(Cl)c(Cl)c1. The summed E-state index contributed by atoms with van der Waals surface area (Å²) in [7, 11) is 1.46. The van der Waals surface area contributed by atoms with Gasteiger partial charge >= 0.3 is 5.97 Å². The highest BCUT2D eigenvalue weighted by Gasteiger charge is 2.25. The van der Waals surface area contributed by atoms with Gasteiger partial charge in [-0.15, -0.1) is 0 Å². The van der Waals surface area contributed by atoms with Crippen molar-refractivity contribution in [3.63, 3.8) is 0 Å². The molecule has 0 aliphatic carbocycles. The van der Waals surface area contributed by atoms with Crippen molar-refractivity contribution in [1.29, 1.82) is 0 Å².